The van der Waals surface area contributed by atoms with Crippen molar-refractivity contribution in [3.63, 3.8) is 0 Å². The minimum absolute atomic E-state index is 0.178. The Morgan fingerprint density at radius 3 is 2.35 bits per heavy atom. The largest absolute Gasteiger partial charge is 0.484 e. The third kappa shape index (κ3) is 5.56. The molecule has 0 aliphatic heterocycles. The van der Waals surface area contributed by atoms with Gasteiger partial charge in [0.15, 0.2) is 6.61 Å². The van der Waals surface area contributed by atoms with E-state index in [1.807, 2.05) is 12.1 Å². The summed E-state index contributed by atoms with van der Waals surface area (Å²) in [6.45, 7) is 1.61. The molecule has 0 heterocycles. The molecule has 2 aromatic rings. The number of hydrogen-bond donors (Lipinski definition) is 1. The van der Waals surface area contributed by atoms with Crippen molar-refractivity contribution in [3.8, 4) is 5.75 Å². The Kier molecular flexibility index (Phi) is 7.15. The van der Waals surface area contributed by atoms with Gasteiger partial charge in [-0.1, -0.05) is 28.1 Å². The lowest BCUT2D eigenvalue weighted by molar-refractivity contribution is -0.142. The molecule has 0 aliphatic rings. The van der Waals surface area contributed by atoms with Crippen LogP contribution < -0.4 is 10.1 Å². The molecule has 26 heavy (non-hydrogen) atoms. The Bertz CT molecular complexity index is 750. The Labute approximate surface area is 160 Å². The van der Waals surface area contributed by atoms with Crippen LogP contribution in [-0.4, -0.2) is 36.4 Å². The van der Waals surface area contributed by atoms with E-state index >= 15 is 0 Å². The van der Waals surface area contributed by atoms with Crippen LogP contribution in [0.3, 0.4) is 0 Å². The van der Waals surface area contributed by atoms with Crippen molar-refractivity contribution < 1.29 is 18.7 Å². The van der Waals surface area contributed by atoms with Crippen molar-refractivity contribution in [1.82, 2.24) is 10.2 Å². The van der Waals surface area contributed by atoms with Crippen LogP contribution in [0.2, 0.25) is 0 Å². The lowest BCUT2D eigenvalue weighted by Gasteiger charge is -2.28. The standard InChI is InChI=1S/C19H20BrFN2O3/c1-13(19(25)22-2)23(11-14-3-7-16(21)8-4-14)18(24)12-26-17-9-5-15(20)6-10-17/h3-10,13H,11-12H2,1-2H3,(H,22,25). The minimum atomic E-state index is -0.689. The normalized spacial score (nSPS) is 11.5. The molecule has 138 valence electrons. The van der Waals surface area contributed by atoms with E-state index in [2.05, 4.69) is 21.2 Å². The maximum Gasteiger partial charge on any atom is 0.261 e. The number of benzene rings is 2. The molecule has 2 rings (SSSR count). The van der Waals surface area contributed by atoms with Crippen molar-refractivity contribution in [2.24, 2.45) is 0 Å². The third-order valence-corrected chi connectivity index (χ3v) is 4.38. The van der Waals surface area contributed by atoms with Gasteiger partial charge < -0.3 is 15.0 Å². The third-order valence-electron chi connectivity index (χ3n) is 3.86. The zero-order chi connectivity index (χ0) is 19.1. The number of carbonyl (C=O) groups is 2. The van der Waals surface area contributed by atoms with Crippen molar-refractivity contribution in [1.29, 1.82) is 0 Å². The number of carbonyl (C=O) groups excluding carboxylic acids is 2. The van der Waals surface area contributed by atoms with E-state index < -0.39 is 6.04 Å². The molecule has 0 fully saturated rings. The average molecular weight is 423 g/mol. The van der Waals surface area contributed by atoms with Gasteiger partial charge in [-0.05, 0) is 48.9 Å². The van der Waals surface area contributed by atoms with Crippen molar-refractivity contribution in [2.75, 3.05) is 13.7 Å². The van der Waals surface area contributed by atoms with E-state index in [1.165, 1.54) is 24.1 Å². The van der Waals surface area contributed by atoms with Gasteiger partial charge in [0.25, 0.3) is 5.91 Å². The number of amides is 2. The summed E-state index contributed by atoms with van der Waals surface area (Å²) in [5, 5.41) is 2.54. The van der Waals surface area contributed by atoms with Crippen LogP contribution in [0.4, 0.5) is 4.39 Å². The molecule has 7 heteroatoms. The Morgan fingerprint density at radius 1 is 1.15 bits per heavy atom. The van der Waals surface area contributed by atoms with Gasteiger partial charge in [0.1, 0.15) is 17.6 Å². The first kappa shape index (κ1) is 19.9. The molecule has 0 saturated heterocycles. The van der Waals surface area contributed by atoms with Gasteiger partial charge in [-0.25, -0.2) is 4.39 Å². The van der Waals surface area contributed by atoms with E-state index in [1.54, 1.807) is 31.2 Å². The van der Waals surface area contributed by atoms with Crippen molar-refractivity contribution in [2.45, 2.75) is 19.5 Å². The summed E-state index contributed by atoms with van der Waals surface area (Å²) in [5.74, 6) is -0.433. The molecular weight excluding hydrogens is 403 g/mol. The molecule has 2 amide bonds. The first-order valence-electron chi connectivity index (χ1n) is 8.04. The van der Waals surface area contributed by atoms with Crippen LogP contribution in [0.5, 0.6) is 5.75 Å². The SMILES string of the molecule is CNC(=O)C(C)N(Cc1ccc(F)cc1)C(=O)COc1ccc(Br)cc1. The highest BCUT2D eigenvalue weighted by Crippen LogP contribution is 2.17. The van der Waals surface area contributed by atoms with Crippen LogP contribution in [-0.2, 0) is 16.1 Å². The molecule has 1 N–H and O–H groups in total. The van der Waals surface area contributed by atoms with Crippen molar-refractivity contribution >= 4 is 27.7 Å². The van der Waals surface area contributed by atoms with Crippen LogP contribution in [0.1, 0.15) is 12.5 Å². The molecule has 0 aliphatic carbocycles. The maximum atomic E-state index is 13.1. The number of likely N-dealkylation sites (N-methyl/N-ethyl adjacent to an activating group) is 1. The van der Waals surface area contributed by atoms with E-state index in [-0.39, 0.29) is 30.8 Å². The lowest BCUT2D eigenvalue weighted by atomic mass is 10.1. The van der Waals surface area contributed by atoms with Gasteiger partial charge in [0.05, 0.1) is 0 Å². The topological polar surface area (TPSA) is 58.6 Å². The summed E-state index contributed by atoms with van der Waals surface area (Å²) in [4.78, 5) is 26.1. The summed E-state index contributed by atoms with van der Waals surface area (Å²) in [6.07, 6.45) is 0. The first-order chi connectivity index (χ1) is 12.4. The predicted molar refractivity (Wildman–Crippen MR) is 100 cm³/mol. The molecule has 0 aromatic heterocycles. The van der Waals surface area contributed by atoms with Crippen LogP contribution in [0.15, 0.2) is 53.0 Å². The van der Waals surface area contributed by atoms with Gasteiger partial charge in [0, 0.05) is 18.1 Å². The van der Waals surface area contributed by atoms with E-state index in [4.69, 9.17) is 4.74 Å². The first-order valence-corrected chi connectivity index (χ1v) is 8.84. The second-order valence-electron chi connectivity index (χ2n) is 5.68. The van der Waals surface area contributed by atoms with Crippen LogP contribution >= 0.6 is 15.9 Å². The zero-order valence-corrected chi connectivity index (χ0v) is 16.1. The fraction of sp³-hybridized carbons (Fsp3) is 0.263. The molecule has 0 bridgehead atoms. The lowest BCUT2D eigenvalue weighted by Crippen LogP contribution is -2.48. The van der Waals surface area contributed by atoms with Gasteiger partial charge >= 0.3 is 0 Å². The molecule has 5 nitrogen and oxygen atoms in total. The van der Waals surface area contributed by atoms with Gasteiger partial charge in [-0.3, -0.25) is 9.59 Å². The van der Waals surface area contributed by atoms with Crippen LogP contribution in [0.25, 0.3) is 0 Å². The fourth-order valence-corrected chi connectivity index (χ4v) is 2.60. The highest BCUT2D eigenvalue weighted by atomic mass is 79.9. The monoisotopic (exact) mass is 422 g/mol. The second-order valence-corrected chi connectivity index (χ2v) is 6.60. The molecular formula is C19H20BrFN2O3. The quantitative estimate of drug-likeness (QED) is 0.745. The van der Waals surface area contributed by atoms with Gasteiger partial charge in [0.2, 0.25) is 5.91 Å². The Hall–Kier alpha value is -2.41. The van der Waals surface area contributed by atoms with Crippen LogP contribution in [0, 0.1) is 5.82 Å². The predicted octanol–water partition coefficient (Wildman–Crippen LogP) is 3.13. The summed E-state index contributed by atoms with van der Waals surface area (Å²) in [7, 11) is 1.51. The van der Waals surface area contributed by atoms with E-state index in [0.717, 1.165) is 10.0 Å². The zero-order valence-electron chi connectivity index (χ0n) is 14.5. The smallest absolute Gasteiger partial charge is 0.261 e. The average Bonchev–Trinajstić information content (AvgIpc) is 2.65. The molecule has 0 spiro atoms. The highest BCUT2D eigenvalue weighted by Gasteiger charge is 2.25. The van der Waals surface area contributed by atoms with Gasteiger partial charge in [-0.2, -0.15) is 0 Å². The molecule has 2 aromatic carbocycles. The Balaban J connectivity index is 2.10. The fourth-order valence-electron chi connectivity index (χ4n) is 2.34. The summed E-state index contributed by atoms with van der Waals surface area (Å²) < 4.78 is 19.5. The second kappa shape index (κ2) is 9.33. The van der Waals surface area contributed by atoms with E-state index in [0.29, 0.717) is 5.75 Å². The number of rotatable bonds is 7. The summed E-state index contributed by atoms with van der Waals surface area (Å²) in [6, 6.07) is 12.2. The summed E-state index contributed by atoms with van der Waals surface area (Å²) >= 11 is 3.33. The van der Waals surface area contributed by atoms with Gasteiger partial charge in [-0.15, -0.1) is 0 Å². The summed E-state index contributed by atoms with van der Waals surface area (Å²) in [5.41, 5.74) is 0.721. The molecule has 1 unspecified atom stereocenters. The molecule has 1 atom stereocenters. The number of nitrogens with zero attached hydrogens (tertiary/aromatic N) is 1. The number of hydrogen-bond acceptors (Lipinski definition) is 3. The highest BCUT2D eigenvalue weighted by molar-refractivity contribution is 9.10. The molecule has 0 saturated carbocycles. The minimum Gasteiger partial charge on any atom is -0.484 e. The number of halogens is 2. The number of ether oxygens (including phenoxy) is 1. The maximum absolute atomic E-state index is 13.1. The van der Waals surface area contributed by atoms with Crippen molar-refractivity contribution in [3.05, 3.63) is 64.4 Å². The molecule has 0 radical (unpaired) electrons. The number of nitrogens with one attached hydrogen (secondary N) is 1. The Morgan fingerprint density at radius 2 is 1.77 bits per heavy atom. The van der Waals surface area contributed by atoms with E-state index in [9.17, 15) is 14.0 Å².